The number of nitroso groups, excluding NO2 is 1. The third-order valence-corrected chi connectivity index (χ3v) is 4.91. The number of H-pyrrole nitrogens is 1. The van der Waals surface area contributed by atoms with Gasteiger partial charge in [0.2, 0.25) is 5.91 Å². The Morgan fingerprint density at radius 2 is 1.67 bits per heavy atom. The summed E-state index contributed by atoms with van der Waals surface area (Å²) >= 11 is 0. The Morgan fingerprint density at radius 1 is 0.939 bits per heavy atom. The number of carbonyl (C=O) groups excluding carboxylic acids is 2. The molecule has 2 amide bonds. The van der Waals surface area contributed by atoms with Crippen molar-refractivity contribution in [1.29, 1.82) is 0 Å². The maximum absolute atomic E-state index is 13.1. The molecule has 0 saturated heterocycles. The van der Waals surface area contributed by atoms with E-state index in [1.54, 1.807) is 18.2 Å². The Balaban J connectivity index is 1.59. The molecule has 0 spiro atoms. The number of benzene rings is 3. The largest absolute Gasteiger partial charge is 0.325 e. The van der Waals surface area contributed by atoms with Crippen LogP contribution in [0.5, 0.6) is 0 Å². The van der Waals surface area contributed by atoms with Gasteiger partial charge in [0.05, 0.1) is 17.6 Å². The number of rotatable bonds is 6. The van der Waals surface area contributed by atoms with E-state index in [1.807, 2.05) is 0 Å². The second-order valence-corrected chi connectivity index (χ2v) is 7.22. The number of nitrogens with zero attached hydrogens (tertiary/aromatic N) is 1. The molecule has 0 aliphatic rings. The molecule has 0 radical (unpaired) electrons. The Morgan fingerprint density at radius 3 is 2.36 bits per heavy atom. The number of nitrogens with one attached hydrogen (secondary N) is 3. The summed E-state index contributed by atoms with van der Waals surface area (Å²) < 4.78 is 13.1. The van der Waals surface area contributed by atoms with Crippen LogP contribution in [0, 0.1) is 10.7 Å². The summed E-state index contributed by atoms with van der Waals surface area (Å²) in [5.74, 6) is -1.38. The number of anilines is 2. The van der Waals surface area contributed by atoms with E-state index in [2.05, 4.69) is 20.8 Å². The number of aromatic amines is 1. The van der Waals surface area contributed by atoms with Crippen LogP contribution in [0.25, 0.3) is 10.9 Å². The van der Waals surface area contributed by atoms with E-state index in [9.17, 15) is 23.7 Å². The summed E-state index contributed by atoms with van der Waals surface area (Å²) in [6.45, 7) is 0. The molecule has 3 N–H and O–H groups in total. The molecule has 1 aromatic heterocycles. The molecule has 9 heteroatoms. The highest BCUT2D eigenvalue weighted by Crippen LogP contribution is 2.23. The molecular formula is C24H17FN4O4. The van der Waals surface area contributed by atoms with Crippen molar-refractivity contribution in [3.8, 4) is 0 Å². The molecular weight excluding hydrogens is 427 g/mol. The molecule has 0 bridgehead atoms. The zero-order valence-electron chi connectivity index (χ0n) is 17.1. The third-order valence-electron chi connectivity index (χ3n) is 4.91. The number of fused-ring (bicyclic) bond motifs is 1. The van der Waals surface area contributed by atoms with Crippen LogP contribution in [0.3, 0.4) is 0 Å². The zero-order chi connectivity index (χ0) is 23.4. The second kappa shape index (κ2) is 9.23. The maximum atomic E-state index is 13.1. The normalized spacial score (nSPS) is 10.6. The van der Waals surface area contributed by atoms with E-state index < -0.39 is 11.5 Å². The minimum absolute atomic E-state index is 0.0268. The molecule has 4 aromatic rings. The molecule has 0 aliphatic carbocycles. The topological polar surface area (TPSA) is 120 Å². The lowest BCUT2D eigenvalue weighted by Gasteiger charge is -2.11. The van der Waals surface area contributed by atoms with Gasteiger partial charge >= 0.3 is 0 Å². The highest BCUT2D eigenvalue weighted by molar-refractivity contribution is 6.08. The molecule has 4 rings (SSSR count). The van der Waals surface area contributed by atoms with Gasteiger partial charge in [-0.15, -0.1) is 4.91 Å². The number of carbonyl (C=O) groups is 2. The average molecular weight is 444 g/mol. The number of aromatic nitrogens is 1. The van der Waals surface area contributed by atoms with Crippen molar-refractivity contribution in [2.45, 2.75) is 6.42 Å². The summed E-state index contributed by atoms with van der Waals surface area (Å²) in [5, 5.41) is 8.62. The Bertz CT molecular complexity index is 1410. The van der Waals surface area contributed by atoms with E-state index in [4.69, 9.17) is 0 Å². The monoisotopic (exact) mass is 444 g/mol. The maximum Gasteiger partial charge on any atom is 0.261 e. The Hall–Kier alpha value is -4.66. The summed E-state index contributed by atoms with van der Waals surface area (Å²) in [5.41, 5.74) is 1.33. The number of pyridine rings is 1. The van der Waals surface area contributed by atoms with Gasteiger partial charge in [0.1, 0.15) is 17.1 Å². The fourth-order valence-corrected chi connectivity index (χ4v) is 3.29. The van der Waals surface area contributed by atoms with Crippen molar-refractivity contribution in [2.75, 3.05) is 10.6 Å². The van der Waals surface area contributed by atoms with Gasteiger partial charge < -0.3 is 15.6 Å². The molecule has 164 valence electrons. The number of amides is 2. The van der Waals surface area contributed by atoms with Crippen LogP contribution in [0.2, 0.25) is 0 Å². The molecule has 0 atom stereocenters. The first-order chi connectivity index (χ1) is 15.9. The number of hydrogen-bond donors (Lipinski definition) is 3. The van der Waals surface area contributed by atoms with Crippen LogP contribution in [0.15, 0.2) is 82.8 Å². The van der Waals surface area contributed by atoms with Crippen LogP contribution in [-0.2, 0) is 11.2 Å². The lowest BCUT2D eigenvalue weighted by molar-refractivity contribution is -0.115. The van der Waals surface area contributed by atoms with Crippen LogP contribution >= 0.6 is 0 Å². The molecule has 1 heterocycles. The molecule has 3 aromatic carbocycles. The van der Waals surface area contributed by atoms with Gasteiger partial charge in [0.15, 0.2) is 0 Å². The molecule has 0 fully saturated rings. The summed E-state index contributed by atoms with van der Waals surface area (Å²) in [6, 6.07) is 17.8. The quantitative estimate of drug-likeness (QED) is 0.379. The van der Waals surface area contributed by atoms with Gasteiger partial charge in [-0.2, -0.15) is 0 Å². The first-order valence-corrected chi connectivity index (χ1v) is 9.88. The van der Waals surface area contributed by atoms with Gasteiger partial charge in [-0.1, -0.05) is 18.2 Å². The highest BCUT2D eigenvalue weighted by atomic mass is 19.1. The van der Waals surface area contributed by atoms with E-state index in [0.29, 0.717) is 27.8 Å². The van der Waals surface area contributed by atoms with E-state index in [-0.39, 0.29) is 29.4 Å². The molecule has 0 saturated carbocycles. The lowest BCUT2D eigenvalue weighted by Crippen LogP contribution is -2.23. The number of halogens is 1. The minimum Gasteiger partial charge on any atom is -0.325 e. The van der Waals surface area contributed by atoms with Gasteiger partial charge in [-0.3, -0.25) is 14.4 Å². The Labute approximate surface area is 186 Å². The van der Waals surface area contributed by atoms with Gasteiger partial charge in [-0.05, 0) is 65.3 Å². The van der Waals surface area contributed by atoms with Crippen LogP contribution in [-0.4, -0.2) is 16.8 Å². The second-order valence-electron chi connectivity index (χ2n) is 7.22. The van der Waals surface area contributed by atoms with Crippen molar-refractivity contribution in [3.05, 3.63) is 105 Å². The average Bonchev–Trinajstić information content (AvgIpc) is 2.80. The summed E-state index contributed by atoms with van der Waals surface area (Å²) in [7, 11) is 0. The summed E-state index contributed by atoms with van der Waals surface area (Å²) in [6.07, 6.45) is 0.0268. The van der Waals surface area contributed by atoms with Gasteiger partial charge in [0, 0.05) is 11.1 Å². The first-order valence-electron chi connectivity index (χ1n) is 9.88. The standard InChI is InChI=1S/C24H17FN4O4/c25-15-6-4-14(5-7-15)12-22(30)27-20-2-1-3-21-18(20)13-19(24(32)28-21)23(31)26-16-8-10-17(29-33)11-9-16/h1-11,13H,12H2,(H,26,31)(H,27,30)(H,28,32). The predicted molar refractivity (Wildman–Crippen MR) is 123 cm³/mol. The Kier molecular flexibility index (Phi) is 6.03. The third kappa shape index (κ3) is 4.99. The summed E-state index contributed by atoms with van der Waals surface area (Å²) in [4.78, 5) is 50.9. The van der Waals surface area contributed by atoms with Gasteiger partial charge in [0.25, 0.3) is 11.5 Å². The van der Waals surface area contributed by atoms with Crippen molar-refractivity contribution in [2.24, 2.45) is 5.18 Å². The van der Waals surface area contributed by atoms with Crippen molar-refractivity contribution in [1.82, 2.24) is 4.98 Å². The van der Waals surface area contributed by atoms with E-state index >= 15 is 0 Å². The van der Waals surface area contributed by atoms with Crippen molar-refractivity contribution >= 4 is 39.8 Å². The molecule has 0 aliphatic heterocycles. The number of hydrogen-bond acceptors (Lipinski definition) is 5. The zero-order valence-corrected chi connectivity index (χ0v) is 17.1. The smallest absolute Gasteiger partial charge is 0.261 e. The van der Waals surface area contributed by atoms with E-state index in [1.165, 1.54) is 54.6 Å². The predicted octanol–water partition coefficient (Wildman–Crippen LogP) is 4.50. The van der Waals surface area contributed by atoms with Crippen LogP contribution in [0.1, 0.15) is 15.9 Å². The van der Waals surface area contributed by atoms with Crippen LogP contribution in [0.4, 0.5) is 21.5 Å². The van der Waals surface area contributed by atoms with E-state index in [0.717, 1.165) is 0 Å². The molecule has 33 heavy (non-hydrogen) atoms. The highest BCUT2D eigenvalue weighted by Gasteiger charge is 2.15. The lowest BCUT2D eigenvalue weighted by atomic mass is 10.1. The minimum atomic E-state index is -0.655. The fraction of sp³-hybridized carbons (Fsp3) is 0.0417. The van der Waals surface area contributed by atoms with Crippen molar-refractivity contribution in [3.63, 3.8) is 0 Å². The van der Waals surface area contributed by atoms with Crippen LogP contribution < -0.4 is 16.2 Å². The molecule has 8 nitrogen and oxygen atoms in total. The van der Waals surface area contributed by atoms with Gasteiger partial charge in [-0.25, -0.2) is 4.39 Å². The SMILES string of the molecule is O=Nc1ccc(NC(=O)c2cc3c(NC(=O)Cc4ccc(F)cc4)cccc3[nH]c2=O)cc1. The first kappa shape index (κ1) is 21.6. The molecule has 0 unspecified atom stereocenters. The fourth-order valence-electron chi connectivity index (χ4n) is 3.29. The van der Waals surface area contributed by atoms with Crippen molar-refractivity contribution < 1.29 is 14.0 Å².